The molecule has 0 bridgehead atoms. The first-order chi connectivity index (χ1) is 40.5. The van der Waals surface area contributed by atoms with Crippen molar-refractivity contribution < 1.29 is 138 Å². The number of nitrogens with zero attached hydrogens (tertiary/aromatic N) is 5. The predicted molar refractivity (Wildman–Crippen MR) is 273 cm³/mol. The van der Waals surface area contributed by atoms with Crippen LogP contribution < -0.4 is 0 Å². The Labute approximate surface area is 496 Å². The quantitative estimate of drug-likeness (QED) is 0.272. The van der Waals surface area contributed by atoms with Gasteiger partial charge in [-0.15, -0.1) is 0 Å². The number of piperidine rings is 5. The molecular weight excluding hydrogens is 1280 g/mol. The zero-order chi connectivity index (χ0) is 61.9. The lowest BCUT2D eigenvalue weighted by Gasteiger charge is -2.37. The van der Waals surface area contributed by atoms with E-state index in [9.17, 15) is 77.1 Å². The topological polar surface area (TPSA) is 394 Å². The Morgan fingerprint density at radius 3 is 1.51 bits per heavy atom. The zero-order valence-corrected chi connectivity index (χ0v) is 49.4. The molecule has 13 saturated heterocycles. The lowest BCUT2D eigenvalue weighted by Crippen LogP contribution is -2.59. The molecule has 33 nitrogen and oxygen atoms in total. The number of alkyl halides is 3. The van der Waals surface area contributed by atoms with Gasteiger partial charge < -0.3 is 39.2 Å². The average molecular weight is 1340 g/mol. The second-order valence-electron chi connectivity index (χ2n) is 22.3. The molecule has 0 spiro atoms. The second kappa shape index (κ2) is 26.0. The number of cyclic esters (lactones) is 3. The number of rotatable bonds is 4. The number of benzene rings is 1. The number of amides is 4. The number of carbonyl (C=O) groups is 4. The predicted octanol–water partition coefficient (Wildman–Crippen LogP) is -2.10. The molecule has 484 valence electrons. The van der Waals surface area contributed by atoms with Crippen LogP contribution in [0.1, 0.15) is 26.3 Å². The Morgan fingerprint density at radius 2 is 1.02 bits per heavy atom. The molecule has 13 fully saturated rings. The third kappa shape index (κ3) is 14.4. The van der Waals surface area contributed by atoms with Gasteiger partial charge in [-0.2, -0.15) is 29.5 Å². The van der Waals surface area contributed by atoms with Crippen LogP contribution in [-0.4, -0.2) is 275 Å². The first-order valence-electron chi connectivity index (χ1n) is 26.5. The highest BCUT2D eigenvalue weighted by atomic mass is 32.3. The number of carbonyl (C=O) groups excluding carboxylic acids is 4. The van der Waals surface area contributed by atoms with Crippen molar-refractivity contribution in [1.29, 1.82) is 0 Å². The lowest BCUT2D eigenvalue weighted by molar-refractivity contribution is -0.0637. The lowest BCUT2D eigenvalue weighted by atomic mass is 9.92. The molecule has 3 unspecified atom stereocenters. The van der Waals surface area contributed by atoms with Crippen LogP contribution in [0.5, 0.6) is 0 Å². The minimum Gasteiger partial charge on any atom is -0.447 e. The molecule has 1 aromatic rings. The first kappa shape index (κ1) is 64.9. The summed E-state index contributed by atoms with van der Waals surface area (Å²) in [6.07, 6.45) is -15.1. The Kier molecular flexibility index (Phi) is 19.6. The molecule has 0 aliphatic carbocycles. The first-order valence-corrected chi connectivity index (χ1v) is 32.2. The van der Waals surface area contributed by atoms with E-state index < -0.39 is 201 Å². The van der Waals surface area contributed by atoms with E-state index in [0.29, 0.717) is 13.1 Å². The normalized spacial score (nSPS) is 41.0. The SMILES string of the molecule is CC(C)(C)OC(=O)N1C[C@H](CF)[C@H]2OS(=O)O[C@@H]2C1.O=C1OC[C@@H]2[C@@H]3OS(=O)(=O)O[C@@H]3[C@@H](O)CN12.O=C1OC[C@@H]2[C@@H]3OS(=O)O[C@@H]3[C@@H](O)CN12.O=C1OC[C@@H]2[C@H]3OS(=O)(=O)O[C@@H]3[C@@H](O)CN12.O=S1O[C@@H]2[C@@H](C(F)F)CN(Cc3ccccc3)C[C@H]2O1. The van der Waals surface area contributed by atoms with Crippen molar-refractivity contribution in [2.75, 3.05) is 72.3 Å². The van der Waals surface area contributed by atoms with E-state index in [0.717, 1.165) is 5.56 Å². The maximum absolute atomic E-state index is 13.1. The minimum absolute atomic E-state index is 0.0104. The van der Waals surface area contributed by atoms with Gasteiger partial charge >= 0.3 is 79.3 Å². The second-order valence-corrected chi connectivity index (χ2v) is 27.0. The van der Waals surface area contributed by atoms with E-state index in [-0.39, 0.29) is 65.1 Å². The highest BCUT2D eigenvalue weighted by Gasteiger charge is 2.60. The summed E-state index contributed by atoms with van der Waals surface area (Å²) >= 11 is -5.60. The van der Waals surface area contributed by atoms with Gasteiger partial charge in [-0.05, 0) is 26.3 Å². The molecule has 4 amide bonds. The number of hydrogen-bond acceptors (Lipinski definition) is 29. The standard InChI is InChI=1S/C13H15F2NO3S.C11H18FNO5S.2C7H9NO7S.C7H9NO6S/c14-13(15)10-7-16(6-9-4-2-1-3-5-9)8-11-12(10)19-20(17)18-11;1-11(2,3)16-10(14)13-5-7(4-12)9-8(6-13)17-19(15)18-9;2*9-4-1-8-3(2-13-7(8)10)5-6(4)15-16(11,12)14-5;9-4-1-8-3(2-12-7(8)10)5-6(4)14-15(11)13-5/h1-5,10-13H,6-8H2;7-9H,4-6H2,1-3H3;2*3-6,9H,1-2H2;3-6,9H,1-2H2/t10-,11+,12+,20?;7-,8+,9+,19?;3-,4+,5+,6-;3-,4+,5-,6-;3-,4+,5+,6-,15?/m00111/s1. The van der Waals surface area contributed by atoms with E-state index >= 15 is 0 Å². The Bertz CT molecular complexity index is 2900. The summed E-state index contributed by atoms with van der Waals surface area (Å²) < 4.78 is 186. The third-order valence-corrected chi connectivity index (χ3v) is 19.5. The summed E-state index contributed by atoms with van der Waals surface area (Å²) in [7, 11) is -8.14. The van der Waals surface area contributed by atoms with E-state index in [1.54, 1.807) is 20.8 Å². The van der Waals surface area contributed by atoms with E-state index in [2.05, 4.69) is 8.37 Å². The summed E-state index contributed by atoms with van der Waals surface area (Å²) in [5, 5.41) is 29.0. The van der Waals surface area contributed by atoms with Crippen LogP contribution in [0, 0.1) is 11.8 Å². The van der Waals surface area contributed by atoms with Crippen molar-refractivity contribution in [3.05, 3.63) is 35.9 Å². The Morgan fingerprint density at radius 1 is 0.593 bits per heavy atom. The summed E-state index contributed by atoms with van der Waals surface area (Å²) in [6.45, 7) is 6.61. The monoisotopic (exact) mass is 1340 g/mol. The molecule has 41 heteroatoms. The van der Waals surface area contributed by atoms with Crippen LogP contribution in [0.15, 0.2) is 30.3 Å². The van der Waals surface area contributed by atoms with Crippen molar-refractivity contribution in [3.63, 3.8) is 0 Å². The fourth-order valence-corrected chi connectivity index (χ4v) is 16.2. The van der Waals surface area contributed by atoms with Crippen LogP contribution in [0.25, 0.3) is 0 Å². The van der Waals surface area contributed by atoms with Gasteiger partial charge in [-0.3, -0.25) is 49.1 Å². The van der Waals surface area contributed by atoms with Gasteiger partial charge in [-0.25, -0.2) is 44.7 Å². The van der Waals surface area contributed by atoms with Crippen molar-refractivity contribution >= 4 is 79.3 Å². The molecule has 0 saturated carbocycles. The fourth-order valence-electron chi connectivity index (χ4n) is 11.5. The largest absolute Gasteiger partial charge is 0.447 e. The highest BCUT2D eigenvalue weighted by Crippen LogP contribution is 2.39. The van der Waals surface area contributed by atoms with E-state index in [1.165, 1.54) is 19.6 Å². The van der Waals surface area contributed by atoms with Crippen molar-refractivity contribution in [1.82, 2.24) is 24.5 Å². The fraction of sp³-hybridized carbons (Fsp3) is 0.778. The summed E-state index contributed by atoms with van der Waals surface area (Å²) in [4.78, 5) is 52.9. The Balaban J connectivity index is 0.000000120. The molecule has 21 atom stereocenters. The van der Waals surface area contributed by atoms with Crippen LogP contribution in [0.3, 0.4) is 0 Å². The molecule has 0 aromatic heterocycles. The number of aliphatic hydroxyl groups is 3. The number of hydrogen-bond donors (Lipinski definition) is 3. The number of ether oxygens (including phenoxy) is 4. The van der Waals surface area contributed by atoms with Gasteiger partial charge in [0, 0.05) is 32.1 Å². The molecule has 13 aliphatic rings. The van der Waals surface area contributed by atoms with Gasteiger partial charge in [-0.1, -0.05) is 30.3 Å². The molecule has 0 radical (unpaired) electrons. The Hall–Kier alpha value is -4.12. The maximum atomic E-state index is 13.1. The number of halogens is 3. The summed E-state index contributed by atoms with van der Waals surface area (Å²) in [5.74, 6) is -1.51. The van der Waals surface area contributed by atoms with Crippen molar-refractivity contribution in [2.24, 2.45) is 11.8 Å². The number of fused-ring (bicyclic) bond motifs is 11. The molecule has 14 rings (SSSR count). The third-order valence-electron chi connectivity index (χ3n) is 15.3. The van der Waals surface area contributed by atoms with E-state index in [4.69, 9.17) is 52.4 Å². The molecule has 13 heterocycles. The maximum Gasteiger partial charge on any atom is 0.410 e. The smallest absolute Gasteiger partial charge is 0.410 e. The van der Waals surface area contributed by atoms with Gasteiger partial charge in [0.15, 0.2) is 0 Å². The number of likely N-dealkylation sites (tertiary alicyclic amines) is 2. The van der Waals surface area contributed by atoms with Crippen molar-refractivity contribution in [2.45, 2.75) is 137 Å². The highest BCUT2D eigenvalue weighted by molar-refractivity contribution is 7.82. The van der Waals surface area contributed by atoms with Gasteiger partial charge in [0.1, 0.15) is 105 Å². The van der Waals surface area contributed by atoms with Crippen LogP contribution >= 0.6 is 0 Å². The molecule has 13 aliphatic heterocycles. The van der Waals surface area contributed by atoms with Crippen molar-refractivity contribution in [3.8, 4) is 0 Å². The van der Waals surface area contributed by atoms with Crippen LogP contribution in [0.4, 0.5) is 32.3 Å². The molecule has 1 aromatic carbocycles. The molecular formula is C45H60F3N5O28S5. The van der Waals surface area contributed by atoms with Gasteiger partial charge in [0.25, 0.3) is 0 Å². The van der Waals surface area contributed by atoms with Gasteiger partial charge in [0.2, 0.25) is 6.43 Å². The zero-order valence-electron chi connectivity index (χ0n) is 45.3. The summed E-state index contributed by atoms with van der Waals surface area (Å²) in [5.41, 5.74) is 0.439. The molecule has 3 N–H and O–H groups in total. The number of aliphatic hydroxyl groups excluding tert-OH is 3. The summed E-state index contributed by atoms with van der Waals surface area (Å²) in [6, 6.07) is 8.30. The van der Waals surface area contributed by atoms with Crippen LogP contribution in [0.2, 0.25) is 0 Å². The molecule has 86 heavy (non-hydrogen) atoms. The van der Waals surface area contributed by atoms with Crippen LogP contribution in [-0.2, 0) is 122 Å². The van der Waals surface area contributed by atoms with Gasteiger partial charge in [0.05, 0.1) is 56.9 Å². The average Bonchev–Trinajstić information content (AvgIpc) is 2.15. The van der Waals surface area contributed by atoms with E-state index in [1.807, 2.05) is 35.2 Å². The minimum atomic E-state index is -4.07.